The van der Waals surface area contributed by atoms with E-state index < -0.39 is 0 Å². The molecule has 3 rings (SSSR count). The number of nitrogens with one attached hydrogen (secondary N) is 1. The van der Waals surface area contributed by atoms with E-state index in [2.05, 4.69) is 46.1 Å². The third-order valence-corrected chi connectivity index (χ3v) is 4.14. The molecule has 7 heteroatoms. The molecule has 1 amide bonds. The second-order valence-electron chi connectivity index (χ2n) is 6.74. The van der Waals surface area contributed by atoms with Crippen molar-refractivity contribution in [3.63, 3.8) is 0 Å². The van der Waals surface area contributed by atoms with E-state index in [-0.39, 0.29) is 17.0 Å². The van der Waals surface area contributed by atoms with Crippen LogP contribution in [0.4, 0.5) is 0 Å². The van der Waals surface area contributed by atoms with Gasteiger partial charge in [-0.1, -0.05) is 13.8 Å². The van der Waals surface area contributed by atoms with Gasteiger partial charge in [-0.25, -0.2) is 15.0 Å². The molecule has 122 valence electrons. The van der Waals surface area contributed by atoms with Crippen LogP contribution in [0.15, 0.2) is 29.3 Å². The molecule has 1 aliphatic rings. The summed E-state index contributed by atoms with van der Waals surface area (Å²) in [7, 11) is 2.09. The number of carbonyl (C=O) groups excluding carboxylic acids is 1. The van der Waals surface area contributed by atoms with Gasteiger partial charge >= 0.3 is 0 Å². The highest BCUT2D eigenvalue weighted by Gasteiger charge is 2.35. The van der Waals surface area contributed by atoms with Crippen LogP contribution >= 0.6 is 0 Å². The summed E-state index contributed by atoms with van der Waals surface area (Å²) < 4.78 is 5.23. The molecule has 0 radical (unpaired) electrons. The number of hydrogen-bond acceptors (Lipinski definition) is 6. The molecule has 23 heavy (non-hydrogen) atoms. The van der Waals surface area contributed by atoms with E-state index in [0.29, 0.717) is 24.2 Å². The SMILES string of the molecule is CN1CC(C)(C)CC1CNC(=O)c1nccnc1-c1ncco1. The van der Waals surface area contributed by atoms with Crippen molar-refractivity contribution in [2.24, 2.45) is 5.41 Å². The van der Waals surface area contributed by atoms with E-state index in [9.17, 15) is 4.79 Å². The molecule has 7 nitrogen and oxygen atoms in total. The van der Waals surface area contributed by atoms with Gasteiger partial charge in [0.1, 0.15) is 6.26 Å². The van der Waals surface area contributed by atoms with Crippen LogP contribution in [-0.4, -0.2) is 51.9 Å². The van der Waals surface area contributed by atoms with E-state index in [4.69, 9.17) is 4.42 Å². The molecule has 2 aromatic heterocycles. The molecule has 1 N–H and O–H groups in total. The highest BCUT2D eigenvalue weighted by atomic mass is 16.3. The second kappa shape index (κ2) is 6.08. The van der Waals surface area contributed by atoms with Crippen molar-refractivity contribution >= 4 is 5.91 Å². The van der Waals surface area contributed by atoms with Crippen molar-refractivity contribution in [1.82, 2.24) is 25.2 Å². The lowest BCUT2D eigenvalue weighted by atomic mass is 9.91. The van der Waals surface area contributed by atoms with Crippen LogP contribution in [0.25, 0.3) is 11.6 Å². The Labute approximate surface area is 135 Å². The first kappa shape index (κ1) is 15.6. The van der Waals surface area contributed by atoms with Gasteiger partial charge < -0.3 is 14.6 Å². The molecule has 1 unspecified atom stereocenters. The summed E-state index contributed by atoms with van der Waals surface area (Å²) in [5.74, 6) is 0.0340. The number of nitrogens with zero attached hydrogens (tertiary/aromatic N) is 4. The lowest BCUT2D eigenvalue weighted by Crippen LogP contribution is -2.38. The smallest absolute Gasteiger partial charge is 0.272 e. The average molecular weight is 315 g/mol. The van der Waals surface area contributed by atoms with Crippen molar-refractivity contribution < 1.29 is 9.21 Å². The fraction of sp³-hybridized carbons (Fsp3) is 0.500. The average Bonchev–Trinajstić information content (AvgIpc) is 3.12. The lowest BCUT2D eigenvalue weighted by molar-refractivity contribution is 0.0938. The monoisotopic (exact) mass is 315 g/mol. The standard InChI is InChI=1S/C16H21N5O2/c1-16(2)8-11(21(3)10-16)9-20-14(22)12-13(18-5-4-17-12)15-19-6-7-23-15/h4-7,11H,8-10H2,1-3H3,(H,20,22). The number of carbonyl (C=O) groups is 1. The molecule has 1 aliphatic heterocycles. The summed E-state index contributed by atoms with van der Waals surface area (Å²) in [6.07, 6.45) is 7.02. The van der Waals surface area contributed by atoms with Crippen molar-refractivity contribution in [3.8, 4) is 11.6 Å². The number of aromatic nitrogens is 3. The van der Waals surface area contributed by atoms with Crippen molar-refractivity contribution in [1.29, 1.82) is 0 Å². The highest BCUT2D eigenvalue weighted by molar-refractivity contribution is 5.97. The number of likely N-dealkylation sites (tertiary alicyclic amines) is 1. The van der Waals surface area contributed by atoms with Gasteiger partial charge in [0.05, 0.1) is 6.20 Å². The van der Waals surface area contributed by atoms with Gasteiger partial charge in [-0.3, -0.25) is 4.79 Å². The molecular weight excluding hydrogens is 294 g/mol. The second-order valence-corrected chi connectivity index (χ2v) is 6.74. The normalized spacial score (nSPS) is 20.6. The van der Waals surface area contributed by atoms with Gasteiger partial charge in [0.25, 0.3) is 5.91 Å². The summed E-state index contributed by atoms with van der Waals surface area (Å²) in [6.45, 7) is 6.10. The molecule has 0 bridgehead atoms. The zero-order valence-electron chi connectivity index (χ0n) is 13.6. The highest BCUT2D eigenvalue weighted by Crippen LogP contribution is 2.32. The third kappa shape index (κ3) is 3.39. The Bertz CT molecular complexity index is 684. The Kier molecular flexibility index (Phi) is 4.12. The molecular formula is C16H21N5O2. The van der Waals surface area contributed by atoms with Crippen molar-refractivity contribution in [2.45, 2.75) is 26.3 Å². The van der Waals surface area contributed by atoms with Crippen LogP contribution in [0, 0.1) is 5.41 Å². The maximum absolute atomic E-state index is 12.5. The van der Waals surface area contributed by atoms with Crippen LogP contribution in [0.3, 0.4) is 0 Å². The predicted molar refractivity (Wildman–Crippen MR) is 84.7 cm³/mol. The molecule has 2 aromatic rings. The number of hydrogen-bond donors (Lipinski definition) is 1. The zero-order chi connectivity index (χ0) is 16.4. The maximum Gasteiger partial charge on any atom is 0.272 e. The van der Waals surface area contributed by atoms with Crippen LogP contribution in [-0.2, 0) is 0 Å². The summed E-state index contributed by atoms with van der Waals surface area (Å²) in [6, 6.07) is 0.329. The molecule has 1 saturated heterocycles. The Morgan fingerprint density at radius 2 is 2.13 bits per heavy atom. The van der Waals surface area contributed by atoms with E-state index >= 15 is 0 Å². The van der Waals surface area contributed by atoms with Crippen LogP contribution in [0.2, 0.25) is 0 Å². The largest absolute Gasteiger partial charge is 0.443 e. The minimum Gasteiger partial charge on any atom is -0.443 e. The number of rotatable bonds is 4. The van der Waals surface area contributed by atoms with Crippen molar-refractivity contribution in [2.75, 3.05) is 20.1 Å². The minimum atomic E-state index is -0.260. The number of likely N-dealkylation sites (N-methyl/N-ethyl adjacent to an activating group) is 1. The summed E-state index contributed by atoms with van der Waals surface area (Å²) >= 11 is 0. The topological polar surface area (TPSA) is 84.2 Å². The molecule has 0 aliphatic carbocycles. The Morgan fingerprint density at radius 3 is 2.78 bits per heavy atom. The van der Waals surface area contributed by atoms with E-state index in [1.807, 2.05) is 0 Å². The Hall–Kier alpha value is -2.28. The van der Waals surface area contributed by atoms with Gasteiger partial charge in [-0.15, -0.1) is 0 Å². The summed E-state index contributed by atoms with van der Waals surface area (Å²) in [5, 5.41) is 2.96. The van der Waals surface area contributed by atoms with Crippen LogP contribution < -0.4 is 5.32 Å². The van der Waals surface area contributed by atoms with Gasteiger partial charge in [-0.2, -0.15) is 0 Å². The third-order valence-electron chi connectivity index (χ3n) is 4.14. The van der Waals surface area contributed by atoms with Crippen LogP contribution in [0.5, 0.6) is 0 Å². The fourth-order valence-electron chi connectivity index (χ4n) is 3.19. The van der Waals surface area contributed by atoms with Gasteiger partial charge in [0.15, 0.2) is 11.4 Å². The minimum absolute atomic E-state index is 0.231. The first-order valence-electron chi connectivity index (χ1n) is 7.65. The van der Waals surface area contributed by atoms with Gasteiger partial charge in [0.2, 0.25) is 5.89 Å². The molecule has 0 saturated carbocycles. The molecule has 1 fully saturated rings. The summed E-state index contributed by atoms with van der Waals surface area (Å²) in [4.78, 5) is 27.1. The predicted octanol–water partition coefficient (Wildman–Crippen LogP) is 1.59. The molecule has 3 heterocycles. The number of amides is 1. The van der Waals surface area contributed by atoms with Crippen LogP contribution in [0.1, 0.15) is 30.8 Å². The van der Waals surface area contributed by atoms with Gasteiger partial charge in [-0.05, 0) is 18.9 Å². The van der Waals surface area contributed by atoms with E-state index in [1.54, 1.807) is 0 Å². The Morgan fingerprint density at radius 1 is 1.35 bits per heavy atom. The number of oxazole rings is 1. The van der Waals surface area contributed by atoms with E-state index in [0.717, 1.165) is 13.0 Å². The zero-order valence-corrected chi connectivity index (χ0v) is 13.6. The first-order valence-corrected chi connectivity index (χ1v) is 7.65. The molecule has 0 spiro atoms. The lowest BCUT2D eigenvalue weighted by Gasteiger charge is -2.19. The Balaban J connectivity index is 1.70. The first-order chi connectivity index (χ1) is 11.0. The van der Waals surface area contributed by atoms with Crippen molar-refractivity contribution in [3.05, 3.63) is 30.5 Å². The quantitative estimate of drug-likeness (QED) is 0.922. The maximum atomic E-state index is 12.5. The summed E-state index contributed by atoms with van der Waals surface area (Å²) in [5.41, 5.74) is 0.866. The molecule has 0 aromatic carbocycles. The van der Waals surface area contributed by atoms with Gasteiger partial charge in [0, 0.05) is 31.5 Å². The van der Waals surface area contributed by atoms with E-state index in [1.165, 1.54) is 24.9 Å². The molecule has 1 atom stereocenters. The fourth-order valence-corrected chi connectivity index (χ4v) is 3.19.